The summed E-state index contributed by atoms with van der Waals surface area (Å²) >= 11 is 0. The molecule has 154 valence electrons. The van der Waals surface area contributed by atoms with Crippen molar-refractivity contribution in [2.75, 3.05) is 25.0 Å². The van der Waals surface area contributed by atoms with Gasteiger partial charge in [0.2, 0.25) is 0 Å². The molecule has 0 saturated carbocycles. The van der Waals surface area contributed by atoms with Crippen LogP contribution < -0.4 is 10.2 Å². The van der Waals surface area contributed by atoms with E-state index in [1.165, 1.54) is 54.6 Å². The van der Waals surface area contributed by atoms with Crippen LogP contribution in [0.25, 0.3) is 0 Å². The smallest absolute Gasteiger partial charge is 0.316 e. The van der Waals surface area contributed by atoms with Crippen LogP contribution in [0.4, 0.5) is 10.1 Å². The molecule has 2 amide bonds. The molecule has 1 fully saturated rings. The van der Waals surface area contributed by atoms with Crippen LogP contribution >= 0.6 is 0 Å². The van der Waals surface area contributed by atoms with Crippen molar-refractivity contribution >= 4 is 17.5 Å². The summed E-state index contributed by atoms with van der Waals surface area (Å²) in [5, 5.41) is 2.72. The molecular weight excluding hydrogens is 369 g/mol. The Kier molecular flexibility index (Phi) is 6.99. The molecule has 0 spiro atoms. The number of halogens is 1. The van der Waals surface area contributed by atoms with Crippen LogP contribution in [0, 0.1) is 11.7 Å². The number of nitrogens with zero attached hydrogens (tertiary/aromatic N) is 2. The average molecular weight is 397 g/mol. The monoisotopic (exact) mass is 397 g/mol. The highest BCUT2D eigenvalue weighted by Crippen LogP contribution is 2.19. The predicted molar refractivity (Wildman–Crippen MR) is 112 cm³/mol. The number of piperidine rings is 1. The van der Waals surface area contributed by atoms with Gasteiger partial charge in [0.25, 0.3) is 0 Å². The molecule has 3 rings (SSSR count). The number of rotatable bonds is 5. The zero-order valence-corrected chi connectivity index (χ0v) is 17.0. The number of nitrogens with one attached hydrogen (secondary N) is 1. The van der Waals surface area contributed by atoms with Crippen molar-refractivity contribution < 1.29 is 14.0 Å². The lowest BCUT2D eigenvalue weighted by molar-refractivity contribution is -0.137. The van der Waals surface area contributed by atoms with Crippen LogP contribution in [-0.2, 0) is 22.7 Å². The van der Waals surface area contributed by atoms with E-state index in [9.17, 15) is 14.0 Å². The molecule has 6 heteroatoms. The van der Waals surface area contributed by atoms with Crippen molar-refractivity contribution in [2.24, 2.45) is 5.92 Å². The lowest BCUT2D eigenvalue weighted by atomic mass is 9.99. The Balaban J connectivity index is 1.59. The van der Waals surface area contributed by atoms with E-state index < -0.39 is 17.6 Å². The Labute approximate surface area is 171 Å². The molecule has 5 nitrogen and oxygen atoms in total. The van der Waals surface area contributed by atoms with Gasteiger partial charge in [-0.05, 0) is 60.7 Å². The minimum atomic E-state index is -0.682. The normalized spacial score (nSPS) is 17.0. The molecule has 2 aromatic carbocycles. The Morgan fingerprint density at radius 2 is 1.83 bits per heavy atom. The van der Waals surface area contributed by atoms with Gasteiger partial charge >= 0.3 is 11.8 Å². The summed E-state index contributed by atoms with van der Waals surface area (Å²) in [6, 6.07) is 13.5. The first-order valence-corrected chi connectivity index (χ1v) is 10.0. The molecule has 2 aromatic rings. The molecule has 0 bridgehead atoms. The van der Waals surface area contributed by atoms with Crippen LogP contribution in [0.1, 0.15) is 30.9 Å². The van der Waals surface area contributed by atoms with Crippen molar-refractivity contribution in [1.29, 1.82) is 0 Å². The zero-order chi connectivity index (χ0) is 20.8. The summed E-state index contributed by atoms with van der Waals surface area (Å²) in [6.45, 7) is 5.59. The maximum Gasteiger partial charge on any atom is 0.316 e. The molecule has 1 saturated heterocycles. The van der Waals surface area contributed by atoms with Crippen molar-refractivity contribution in [3.8, 4) is 0 Å². The number of carbonyl (C=O) groups excluding carboxylic acids is 2. The highest BCUT2D eigenvalue weighted by atomic mass is 19.1. The minimum Gasteiger partial charge on any atom is -0.344 e. The Morgan fingerprint density at radius 1 is 1.14 bits per heavy atom. The fraction of sp³-hybridized carbons (Fsp3) is 0.391. The number of likely N-dealkylation sites (N-methyl/N-ethyl adjacent to an activating group) is 1. The van der Waals surface area contributed by atoms with Gasteiger partial charge in [-0.25, -0.2) is 4.39 Å². The Bertz CT molecular complexity index is 853. The molecule has 0 aliphatic carbocycles. The minimum absolute atomic E-state index is 0.293. The average Bonchev–Trinajstić information content (AvgIpc) is 2.72. The molecule has 1 N–H and O–H groups in total. The topological polar surface area (TPSA) is 52.7 Å². The molecule has 29 heavy (non-hydrogen) atoms. The summed E-state index contributed by atoms with van der Waals surface area (Å²) in [4.78, 5) is 28.4. The fourth-order valence-electron chi connectivity index (χ4n) is 3.74. The van der Waals surface area contributed by atoms with Crippen molar-refractivity contribution in [1.82, 2.24) is 10.2 Å². The van der Waals surface area contributed by atoms with Crippen LogP contribution in [0.15, 0.2) is 48.5 Å². The summed E-state index contributed by atoms with van der Waals surface area (Å²) < 4.78 is 13.1. The number of likely N-dealkylation sites (tertiary alicyclic amines) is 1. The first kappa shape index (κ1) is 21.0. The van der Waals surface area contributed by atoms with Gasteiger partial charge < -0.3 is 10.2 Å². The van der Waals surface area contributed by atoms with Crippen LogP contribution in [0.3, 0.4) is 0 Å². The molecule has 1 aliphatic heterocycles. The van der Waals surface area contributed by atoms with Gasteiger partial charge in [0.15, 0.2) is 0 Å². The number of anilines is 1. The summed E-state index contributed by atoms with van der Waals surface area (Å²) in [6.07, 6.45) is 2.49. The van der Waals surface area contributed by atoms with E-state index in [1.807, 2.05) is 18.2 Å². The lowest BCUT2D eigenvalue weighted by Gasteiger charge is -2.31. The van der Waals surface area contributed by atoms with Gasteiger partial charge in [-0.2, -0.15) is 0 Å². The number of carbonyl (C=O) groups is 2. The second kappa shape index (κ2) is 9.65. The molecule has 1 aliphatic rings. The number of hydrogen-bond acceptors (Lipinski definition) is 3. The van der Waals surface area contributed by atoms with Gasteiger partial charge in [-0.1, -0.05) is 31.2 Å². The first-order valence-electron chi connectivity index (χ1n) is 10.0. The largest absolute Gasteiger partial charge is 0.344 e. The maximum absolute atomic E-state index is 13.1. The summed E-state index contributed by atoms with van der Waals surface area (Å²) in [7, 11) is 1.50. The summed E-state index contributed by atoms with van der Waals surface area (Å²) in [5.74, 6) is -1.05. The number of hydrogen-bond donors (Lipinski definition) is 1. The lowest BCUT2D eigenvalue weighted by Crippen LogP contribution is -2.41. The molecule has 0 unspecified atom stereocenters. The molecule has 1 heterocycles. The predicted octanol–water partition coefficient (Wildman–Crippen LogP) is 3.34. The van der Waals surface area contributed by atoms with Gasteiger partial charge in [0, 0.05) is 32.4 Å². The van der Waals surface area contributed by atoms with E-state index in [0.29, 0.717) is 18.2 Å². The Morgan fingerprint density at radius 3 is 2.52 bits per heavy atom. The van der Waals surface area contributed by atoms with Crippen LogP contribution in [-0.4, -0.2) is 36.9 Å². The maximum atomic E-state index is 13.1. The van der Waals surface area contributed by atoms with Crippen LogP contribution in [0.2, 0.25) is 0 Å². The quantitative estimate of drug-likeness (QED) is 0.788. The third-order valence-corrected chi connectivity index (χ3v) is 5.41. The summed E-state index contributed by atoms with van der Waals surface area (Å²) in [5.41, 5.74) is 2.64. The Hall–Kier alpha value is -2.73. The third kappa shape index (κ3) is 5.64. The van der Waals surface area contributed by atoms with Crippen molar-refractivity contribution in [2.45, 2.75) is 32.9 Å². The molecule has 0 aromatic heterocycles. The molecular formula is C23H28FN3O2. The highest BCUT2D eigenvalue weighted by Gasteiger charge is 2.21. The van der Waals surface area contributed by atoms with Crippen molar-refractivity contribution in [3.63, 3.8) is 0 Å². The van der Waals surface area contributed by atoms with Gasteiger partial charge in [-0.3, -0.25) is 14.5 Å². The van der Waals surface area contributed by atoms with E-state index in [0.717, 1.165) is 25.2 Å². The molecule has 0 radical (unpaired) electrons. The fourth-order valence-corrected chi connectivity index (χ4v) is 3.74. The van der Waals surface area contributed by atoms with Gasteiger partial charge in [-0.15, -0.1) is 0 Å². The van der Waals surface area contributed by atoms with E-state index in [-0.39, 0.29) is 0 Å². The number of amides is 2. The van der Waals surface area contributed by atoms with Gasteiger partial charge in [0.1, 0.15) is 5.82 Å². The van der Waals surface area contributed by atoms with Crippen LogP contribution in [0.5, 0.6) is 0 Å². The third-order valence-electron chi connectivity index (χ3n) is 5.41. The van der Waals surface area contributed by atoms with E-state index in [2.05, 4.69) is 23.2 Å². The van der Waals surface area contributed by atoms with Gasteiger partial charge in [0.05, 0.1) is 0 Å². The second-order valence-corrected chi connectivity index (χ2v) is 7.77. The van der Waals surface area contributed by atoms with E-state index in [1.54, 1.807) is 0 Å². The SMILES string of the molecule is C[C@H]1CCCN(Cc2ccccc2CNC(=O)C(=O)N(C)c2ccc(F)cc2)C1. The highest BCUT2D eigenvalue weighted by molar-refractivity contribution is 6.40. The standard InChI is InChI=1S/C23H28FN3O2/c1-17-6-5-13-27(15-17)16-19-8-4-3-7-18(19)14-25-22(28)23(29)26(2)21-11-9-20(24)10-12-21/h3-4,7-12,17H,5-6,13-16H2,1-2H3,(H,25,28)/t17-/m0/s1. The first-order chi connectivity index (χ1) is 13.9. The van der Waals surface area contributed by atoms with Crippen molar-refractivity contribution in [3.05, 3.63) is 65.5 Å². The second-order valence-electron chi connectivity index (χ2n) is 7.77. The van der Waals surface area contributed by atoms with E-state index in [4.69, 9.17) is 0 Å². The van der Waals surface area contributed by atoms with E-state index >= 15 is 0 Å². The molecule has 1 atom stereocenters. The number of benzene rings is 2. The zero-order valence-electron chi connectivity index (χ0n) is 17.0.